The Hall–Kier alpha value is -1.00. The fraction of sp³-hybridized carbons (Fsp3) is 0.455. The third-order valence-electron chi connectivity index (χ3n) is 2.40. The van der Waals surface area contributed by atoms with Crippen LogP contribution in [0.15, 0.2) is 24.5 Å². The molecule has 3 nitrogen and oxygen atoms in total. The van der Waals surface area contributed by atoms with E-state index in [0.717, 1.165) is 13.0 Å². The van der Waals surface area contributed by atoms with Crippen LogP contribution in [0.3, 0.4) is 0 Å². The van der Waals surface area contributed by atoms with Gasteiger partial charge in [-0.3, -0.25) is 9.88 Å². The van der Waals surface area contributed by atoms with Crippen LogP contribution in [0.1, 0.15) is 18.9 Å². The molecule has 82 valence electrons. The Labute approximate surface area is 96.3 Å². The first-order valence-electron chi connectivity index (χ1n) is 4.97. The van der Waals surface area contributed by atoms with Crippen molar-refractivity contribution in [1.29, 1.82) is 0 Å². The summed E-state index contributed by atoms with van der Waals surface area (Å²) in [5, 5.41) is 0. The Morgan fingerprint density at radius 1 is 1.67 bits per heavy atom. The molecule has 0 bridgehead atoms. The van der Waals surface area contributed by atoms with Crippen molar-refractivity contribution < 1.29 is 0 Å². The second-order valence-electron chi connectivity index (χ2n) is 3.80. The van der Waals surface area contributed by atoms with Gasteiger partial charge in [-0.05, 0) is 25.6 Å². The van der Waals surface area contributed by atoms with E-state index < -0.39 is 0 Å². The maximum atomic E-state index is 5.52. The fourth-order valence-electron chi connectivity index (χ4n) is 1.38. The van der Waals surface area contributed by atoms with Crippen molar-refractivity contribution in [3.05, 3.63) is 30.1 Å². The molecule has 0 aromatic carbocycles. The molecule has 1 unspecified atom stereocenters. The van der Waals surface area contributed by atoms with Gasteiger partial charge in [0.15, 0.2) is 0 Å². The predicted molar refractivity (Wildman–Crippen MR) is 66.6 cm³/mol. The van der Waals surface area contributed by atoms with Crippen LogP contribution in [0.25, 0.3) is 0 Å². The molecule has 1 rings (SSSR count). The summed E-state index contributed by atoms with van der Waals surface area (Å²) >= 11 is 4.89. The predicted octanol–water partition coefficient (Wildman–Crippen LogP) is 1.58. The Kier molecular flexibility index (Phi) is 4.65. The van der Waals surface area contributed by atoms with Crippen molar-refractivity contribution in [2.75, 3.05) is 7.05 Å². The molecule has 4 heteroatoms. The molecule has 2 N–H and O–H groups in total. The number of pyridine rings is 1. The second-order valence-corrected chi connectivity index (χ2v) is 4.32. The molecule has 0 radical (unpaired) electrons. The zero-order valence-corrected chi connectivity index (χ0v) is 10.00. The molecular weight excluding hydrogens is 206 g/mol. The van der Waals surface area contributed by atoms with Crippen molar-refractivity contribution in [2.24, 2.45) is 5.73 Å². The first-order valence-corrected chi connectivity index (χ1v) is 5.38. The Morgan fingerprint density at radius 3 is 2.93 bits per heavy atom. The number of thiocarbonyl (C=S) groups is 1. The number of rotatable bonds is 5. The maximum Gasteiger partial charge on any atom is 0.0742 e. The molecule has 0 aliphatic carbocycles. The van der Waals surface area contributed by atoms with Crippen LogP contribution in [0.2, 0.25) is 0 Å². The first-order chi connectivity index (χ1) is 7.09. The highest BCUT2D eigenvalue weighted by molar-refractivity contribution is 7.80. The summed E-state index contributed by atoms with van der Waals surface area (Å²) in [6, 6.07) is 4.38. The minimum absolute atomic E-state index is 0.364. The number of hydrogen-bond acceptors (Lipinski definition) is 3. The lowest BCUT2D eigenvalue weighted by Gasteiger charge is -2.24. The molecule has 0 saturated carbocycles. The average molecular weight is 223 g/mol. The highest BCUT2D eigenvalue weighted by atomic mass is 32.1. The average Bonchev–Trinajstić information content (AvgIpc) is 2.18. The Morgan fingerprint density at radius 2 is 2.40 bits per heavy atom. The van der Waals surface area contributed by atoms with E-state index in [-0.39, 0.29) is 0 Å². The molecule has 0 amide bonds. The van der Waals surface area contributed by atoms with E-state index in [4.69, 9.17) is 18.0 Å². The van der Waals surface area contributed by atoms with Gasteiger partial charge < -0.3 is 5.73 Å². The minimum Gasteiger partial charge on any atom is -0.393 e. The largest absolute Gasteiger partial charge is 0.393 e. The third kappa shape index (κ3) is 4.36. The molecule has 0 aliphatic heterocycles. The molecule has 0 saturated heterocycles. The minimum atomic E-state index is 0.364. The smallest absolute Gasteiger partial charge is 0.0742 e. The van der Waals surface area contributed by atoms with Crippen LogP contribution >= 0.6 is 12.2 Å². The standard InChI is InChI=1S/C11H17N3S/c1-9(6-11(12)15)14(2)8-10-4-3-5-13-7-10/h3-5,7,9H,6,8H2,1-2H3,(H2,12,15). The van der Waals surface area contributed by atoms with Crippen molar-refractivity contribution in [1.82, 2.24) is 9.88 Å². The summed E-state index contributed by atoms with van der Waals surface area (Å²) in [6.45, 7) is 2.99. The van der Waals surface area contributed by atoms with Crippen molar-refractivity contribution in [3.63, 3.8) is 0 Å². The van der Waals surface area contributed by atoms with Gasteiger partial charge in [-0.15, -0.1) is 0 Å². The third-order valence-corrected chi connectivity index (χ3v) is 2.57. The van der Waals surface area contributed by atoms with E-state index in [1.54, 1.807) is 6.20 Å². The van der Waals surface area contributed by atoms with Gasteiger partial charge in [-0.1, -0.05) is 18.3 Å². The molecule has 15 heavy (non-hydrogen) atoms. The van der Waals surface area contributed by atoms with Crippen molar-refractivity contribution in [2.45, 2.75) is 25.9 Å². The summed E-state index contributed by atoms with van der Waals surface area (Å²) in [5.74, 6) is 0. The SMILES string of the molecule is CC(CC(N)=S)N(C)Cc1cccnc1. The normalized spacial score (nSPS) is 12.7. The zero-order valence-electron chi connectivity index (χ0n) is 9.18. The monoisotopic (exact) mass is 223 g/mol. The fourth-order valence-corrected chi connectivity index (χ4v) is 1.62. The van der Waals surface area contributed by atoms with Gasteiger partial charge in [0.05, 0.1) is 4.99 Å². The summed E-state index contributed by atoms with van der Waals surface area (Å²) in [4.78, 5) is 6.87. The van der Waals surface area contributed by atoms with E-state index in [2.05, 4.69) is 29.9 Å². The Bertz CT molecular complexity index is 313. The molecule has 1 aromatic rings. The molecule has 1 aromatic heterocycles. The summed E-state index contributed by atoms with van der Waals surface area (Å²) < 4.78 is 0. The van der Waals surface area contributed by atoms with Gasteiger partial charge in [-0.25, -0.2) is 0 Å². The van der Waals surface area contributed by atoms with E-state index in [9.17, 15) is 0 Å². The van der Waals surface area contributed by atoms with Crippen LogP contribution in [0.5, 0.6) is 0 Å². The number of aromatic nitrogens is 1. The molecule has 0 fully saturated rings. The second kappa shape index (κ2) is 5.78. The quantitative estimate of drug-likeness (QED) is 0.770. The molecule has 0 aliphatic rings. The van der Waals surface area contributed by atoms with Crippen LogP contribution < -0.4 is 5.73 Å². The maximum absolute atomic E-state index is 5.52. The zero-order chi connectivity index (χ0) is 11.3. The molecule has 1 heterocycles. The van der Waals surface area contributed by atoms with Crippen molar-refractivity contribution >= 4 is 17.2 Å². The highest BCUT2D eigenvalue weighted by Gasteiger charge is 2.10. The Balaban J connectivity index is 2.48. The summed E-state index contributed by atoms with van der Waals surface area (Å²) in [5.41, 5.74) is 6.72. The highest BCUT2D eigenvalue weighted by Crippen LogP contribution is 2.07. The number of nitrogens with zero attached hydrogens (tertiary/aromatic N) is 2. The lowest BCUT2D eigenvalue weighted by atomic mass is 10.2. The van der Waals surface area contributed by atoms with Crippen LogP contribution in [-0.2, 0) is 6.54 Å². The van der Waals surface area contributed by atoms with E-state index in [1.165, 1.54) is 5.56 Å². The van der Waals surface area contributed by atoms with E-state index in [1.807, 2.05) is 12.3 Å². The topological polar surface area (TPSA) is 42.1 Å². The van der Waals surface area contributed by atoms with Gasteiger partial charge in [0.25, 0.3) is 0 Å². The van der Waals surface area contributed by atoms with E-state index >= 15 is 0 Å². The number of nitrogens with two attached hydrogens (primary N) is 1. The van der Waals surface area contributed by atoms with Gasteiger partial charge in [0.1, 0.15) is 0 Å². The van der Waals surface area contributed by atoms with E-state index in [0.29, 0.717) is 11.0 Å². The van der Waals surface area contributed by atoms with Crippen LogP contribution in [0.4, 0.5) is 0 Å². The summed E-state index contributed by atoms with van der Waals surface area (Å²) in [6.07, 6.45) is 4.41. The summed E-state index contributed by atoms with van der Waals surface area (Å²) in [7, 11) is 2.07. The first kappa shape index (κ1) is 12.1. The molecular formula is C11H17N3S. The van der Waals surface area contributed by atoms with Gasteiger partial charge in [0, 0.05) is 31.4 Å². The van der Waals surface area contributed by atoms with Gasteiger partial charge in [0.2, 0.25) is 0 Å². The van der Waals surface area contributed by atoms with Gasteiger partial charge >= 0.3 is 0 Å². The van der Waals surface area contributed by atoms with Gasteiger partial charge in [-0.2, -0.15) is 0 Å². The lowest BCUT2D eigenvalue weighted by Crippen LogP contribution is -2.32. The van der Waals surface area contributed by atoms with Crippen LogP contribution in [0, 0.1) is 0 Å². The lowest BCUT2D eigenvalue weighted by molar-refractivity contribution is 0.255. The molecule has 1 atom stereocenters. The van der Waals surface area contributed by atoms with Crippen molar-refractivity contribution in [3.8, 4) is 0 Å². The van der Waals surface area contributed by atoms with Crippen LogP contribution in [-0.4, -0.2) is 28.0 Å². The molecule has 0 spiro atoms. The number of hydrogen-bond donors (Lipinski definition) is 1.